The predicted molar refractivity (Wildman–Crippen MR) is 91.5 cm³/mol. The summed E-state index contributed by atoms with van der Waals surface area (Å²) in [4.78, 5) is 0.524. The number of nitrogens with two attached hydrogens (primary N) is 1. The fraction of sp³-hybridized carbons (Fsp3) is 0.278. The average molecular weight is 331 g/mol. The van der Waals surface area contributed by atoms with Crippen molar-refractivity contribution >= 4 is 17.2 Å². The molecule has 0 amide bonds. The second-order valence-corrected chi connectivity index (χ2v) is 6.25. The zero-order chi connectivity index (χ0) is 16.4. The molecule has 1 saturated carbocycles. The van der Waals surface area contributed by atoms with E-state index in [1.807, 2.05) is 19.1 Å². The van der Waals surface area contributed by atoms with Gasteiger partial charge in [-0.2, -0.15) is 0 Å². The number of halogens is 1. The van der Waals surface area contributed by atoms with Gasteiger partial charge in [0.05, 0.1) is 10.4 Å². The van der Waals surface area contributed by atoms with Crippen molar-refractivity contribution in [3.8, 4) is 17.2 Å². The van der Waals surface area contributed by atoms with Crippen LogP contribution >= 0.6 is 12.2 Å². The third-order valence-electron chi connectivity index (χ3n) is 4.23. The van der Waals surface area contributed by atoms with Gasteiger partial charge in [-0.3, -0.25) is 0 Å². The lowest BCUT2D eigenvalue weighted by atomic mass is 10.0. The first-order valence-electron chi connectivity index (χ1n) is 7.50. The quantitative estimate of drug-likeness (QED) is 0.794. The van der Waals surface area contributed by atoms with Crippen molar-refractivity contribution in [2.45, 2.75) is 25.9 Å². The summed E-state index contributed by atoms with van der Waals surface area (Å²) < 4.78 is 24.7. The molecule has 1 atom stereocenters. The van der Waals surface area contributed by atoms with Gasteiger partial charge >= 0.3 is 0 Å². The Morgan fingerprint density at radius 3 is 2.35 bits per heavy atom. The Labute approximate surface area is 140 Å². The van der Waals surface area contributed by atoms with Gasteiger partial charge in [0, 0.05) is 6.07 Å². The lowest BCUT2D eigenvalue weighted by Crippen LogP contribution is -2.35. The Bertz CT molecular complexity index is 713. The minimum Gasteiger partial charge on any atom is -0.490 e. The van der Waals surface area contributed by atoms with Crippen molar-refractivity contribution in [1.82, 2.24) is 0 Å². The predicted octanol–water partition coefficient (Wildman–Crippen LogP) is 4.45. The lowest BCUT2D eigenvalue weighted by Gasteiger charge is -2.23. The molecular formula is C18H18FNO2S. The smallest absolute Gasteiger partial charge is 0.130 e. The monoisotopic (exact) mass is 331 g/mol. The molecule has 0 spiro atoms. The van der Waals surface area contributed by atoms with Crippen LogP contribution in [0, 0.1) is 11.2 Å². The molecule has 0 radical (unpaired) electrons. The second kappa shape index (κ2) is 6.16. The van der Waals surface area contributed by atoms with Crippen LogP contribution < -0.4 is 15.2 Å². The lowest BCUT2D eigenvalue weighted by molar-refractivity contribution is 0.173. The average Bonchev–Trinajstić information content (AvgIpc) is 3.31. The topological polar surface area (TPSA) is 44.5 Å². The highest BCUT2D eigenvalue weighted by Crippen LogP contribution is 2.50. The van der Waals surface area contributed by atoms with Crippen molar-refractivity contribution in [3.05, 3.63) is 54.3 Å². The van der Waals surface area contributed by atoms with E-state index in [4.69, 9.17) is 27.4 Å². The van der Waals surface area contributed by atoms with Crippen LogP contribution in [0.1, 0.15) is 19.8 Å². The Balaban J connectivity index is 1.64. The number of ether oxygens (including phenoxy) is 2. The van der Waals surface area contributed by atoms with E-state index in [0.29, 0.717) is 16.5 Å². The normalized spacial score (nSPS) is 16.4. The largest absolute Gasteiger partial charge is 0.490 e. The number of thiocarbonyl (C=S) groups is 1. The Hall–Kier alpha value is -2.14. The van der Waals surface area contributed by atoms with Gasteiger partial charge in [0.2, 0.25) is 0 Å². The summed E-state index contributed by atoms with van der Waals surface area (Å²) in [7, 11) is 0. The standard InChI is InChI=1S/C18H18FNO2S/c1-12(18(9-10-18)17(20)23)21-14-5-7-15(8-6-14)22-16-4-2-3-13(19)11-16/h2-8,11-12H,9-10H2,1H3,(H2,20,23). The van der Waals surface area contributed by atoms with Crippen molar-refractivity contribution < 1.29 is 13.9 Å². The summed E-state index contributed by atoms with van der Waals surface area (Å²) in [5, 5.41) is 0. The van der Waals surface area contributed by atoms with Gasteiger partial charge in [0.1, 0.15) is 29.2 Å². The molecule has 2 N–H and O–H groups in total. The third kappa shape index (κ3) is 3.45. The van der Waals surface area contributed by atoms with E-state index < -0.39 is 0 Å². The van der Waals surface area contributed by atoms with Gasteiger partial charge < -0.3 is 15.2 Å². The van der Waals surface area contributed by atoms with E-state index in [1.165, 1.54) is 12.1 Å². The first-order valence-corrected chi connectivity index (χ1v) is 7.90. The minimum absolute atomic E-state index is 0.0602. The van der Waals surface area contributed by atoms with Gasteiger partial charge in [0.25, 0.3) is 0 Å². The zero-order valence-electron chi connectivity index (χ0n) is 12.8. The maximum atomic E-state index is 13.1. The van der Waals surface area contributed by atoms with E-state index in [0.717, 1.165) is 18.6 Å². The van der Waals surface area contributed by atoms with Gasteiger partial charge in [-0.1, -0.05) is 18.3 Å². The molecule has 3 nitrogen and oxygen atoms in total. The van der Waals surface area contributed by atoms with E-state index in [9.17, 15) is 4.39 Å². The summed E-state index contributed by atoms with van der Waals surface area (Å²) in [6, 6.07) is 13.2. The van der Waals surface area contributed by atoms with E-state index in [-0.39, 0.29) is 17.3 Å². The molecule has 5 heteroatoms. The molecule has 0 saturated heterocycles. The van der Waals surface area contributed by atoms with Crippen molar-refractivity contribution in [2.75, 3.05) is 0 Å². The number of rotatable bonds is 6. The fourth-order valence-corrected chi connectivity index (χ4v) is 2.93. The first kappa shape index (κ1) is 15.7. The SMILES string of the molecule is CC(Oc1ccc(Oc2cccc(F)c2)cc1)C1(C(N)=S)CC1. The van der Waals surface area contributed by atoms with Crippen LogP contribution in [0.3, 0.4) is 0 Å². The number of benzene rings is 2. The summed E-state index contributed by atoms with van der Waals surface area (Å²) in [6.07, 6.45) is 1.89. The molecule has 2 aromatic rings. The molecule has 0 aliphatic heterocycles. The van der Waals surface area contributed by atoms with Gasteiger partial charge in [0.15, 0.2) is 0 Å². The third-order valence-corrected chi connectivity index (χ3v) is 4.63. The highest BCUT2D eigenvalue weighted by Gasteiger charge is 2.51. The highest BCUT2D eigenvalue weighted by molar-refractivity contribution is 7.80. The molecule has 0 aromatic heterocycles. The molecule has 23 heavy (non-hydrogen) atoms. The molecule has 0 bridgehead atoms. The first-order chi connectivity index (χ1) is 11.0. The molecule has 120 valence electrons. The maximum Gasteiger partial charge on any atom is 0.130 e. The van der Waals surface area contributed by atoms with Gasteiger partial charge in [-0.05, 0) is 56.2 Å². The Kier molecular flexibility index (Phi) is 4.22. The van der Waals surface area contributed by atoms with Crippen molar-refractivity contribution in [2.24, 2.45) is 11.1 Å². The molecule has 1 aliphatic carbocycles. The molecule has 0 heterocycles. The summed E-state index contributed by atoms with van der Waals surface area (Å²) >= 11 is 5.14. The number of hydrogen-bond acceptors (Lipinski definition) is 3. The van der Waals surface area contributed by atoms with E-state index in [2.05, 4.69) is 0 Å². The maximum absolute atomic E-state index is 13.1. The minimum atomic E-state index is -0.330. The van der Waals surface area contributed by atoms with Crippen LogP contribution in [0.2, 0.25) is 0 Å². The summed E-state index contributed by atoms with van der Waals surface area (Å²) in [5.41, 5.74) is 5.65. The second-order valence-electron chi connectivity index (χ2n) is 5.81. The van der Waals surface area contributed by atoms with E-state index in [1.54, 1.807) is 24.3 Å². The highest BCUT2D eigenvalue weighted by atomic mass is 32.1. The molecule has 1 aliphatic rings. The van der Waals surface area contributed by atoms with Crippen LogP contribution in [0.15, 0.2) is 48.5 Å². The van der Waals surface area contributed by atoms with Gasteiger partial charge in [-0.15, -0.1) is 0 Å². The molecular weight excluding hydrogens is 313 g/mol. The van der Waals surface area contributed by atoms with Crippen LogP contribution in [-0.4, -0.2) is 11.1 Å². The van der Waals surface area contributed by atoms with Crippen LogP contribution in [0.5, 0.6) is 17.2 Å². The molecule has 2 aromatic carbocycles. The van der Waals surface area contributed by atoms with E-state index >= 15 is 0 Å². The van der Waals surface area contributed by atoms with Crippen LogP contribution in [0.4, 0.5) is 4.39 Å². The molecule has 3 rings (SSSR count). The molecule has 1 unspecified atom stereocenters. The Morgan fingerprint density at radius 1 is 1.13 bits per heavy atom. The zero-order valence-corrected chi connectivity index (χ0v) is 13.6. The van der Waals surface area contributed by atoms with Crippen molar-refractivity contribution in [1.29, 1.82) is 0 Å². The van der Waals surface area contributed by atoms with Crippen molar-refractivity contribution in [3.63, 3.8) is 0 Å². The molecule has 1 fully saturated rings. The summed E-state index contributed by atoms with van der Waals surface area (Å²) in [6.45, 7) is 1.99. The van der Waals surface area contributed by atoms with Crippen LogP contribution in [0.25, 0.3) is 0 Å². The summed E-state index contributed by atoms with van der Waals surface area (Å²) in [5.74, 6) is 1.47. The Morgan fingerprint density at radius 2 is 1.78 bits per heavy atom. The van der Waals surface area contributed by atoms with Gasteiger partial charge in [-0.25, -0.2) is 4.39 Å². The number of hydrogen-bond donors (Lipinski definition) is 1. The fourth-order valence-electron chi connectivity index (χ4n) is 2.56. The van der Waals surface area contributed by atoms with Crippen LogP contribution in [-0.2, 0) is 0 Å².